The van der Waals surface area contributed by atoms with Gasteiger partial charge in [-0.1, -0.05) is 42.5 Å². The number of hydrogen-bond acceptors (Lipinski definition) is 3. The van der Waals surface area contributed by atoms with E-state index in [0.717, 1.165) is 29.7 Å². The summed E-state index contributed by atoms with van der Waals surface area (Å²) in [4.78, 5) is 12.9. The van der Waals surface area contributed by atoms with E-state index in [0.29, 0.717) is 25.3 Å². The van der Waals surface area contributed by atoms with Crippen LogP contribution in [0.2, 0.25) is 0 Å². The van der Waals surface area contributed by atoms with Crippen molar-refractivity contribution in [1.82, 2.24) is 15.1 Å². The van der Waals surface area contributed by atoms with Crippen molar-refractivity contribution in [2.45, 2.75) is 33.2 Å². The summed E-state index contributed by atoms with van der Waals surface area (Å²) in [6, 6.07) is 16.4. The topological polar surface area (TPSA) is 56.1 Å². The molecule has 2 aromatic carbocycles. The van der Waals surface area contributed by atoms with Crippen LogP contribution < -0.4 is 5.32 Å². The highest BCUT2D eigenvalue weighted by molar-refractivity contribution is 5.99. The molecule has 0 aliphatic heterocycles. The van der Waals surface area contributed by atoms with E-state index < -0.39 is 0 Å². The number of aromatic nitrogens is 2. The molecule has 0 bridgehead atoms. The summed E-state index contributed by atoms with van der Waals surface area (Å²) < 4.78 is 6.91. The van der Waals surface area contributed by atoms with Crippen molar-refractivity contribution in [2.75, 3.05) is 20.3 Å². The first kappa shape index (κ1) is 20.8. The molecule has 1 aromatic heterocycles. The molecule has 5 heteroatoms. The van der Waals surface area contributed by atoms with Crippen molar-refractivity contribution in [1.29, 1.82) is 0 Å². The second-order valence-electron chi connectivity index (χ2n) is 7.33. The van der Waals surface area contributed by atoms with Crippen molar-refractivity contribution in [2.24, 2.45) is 0 Å². The lowest BCUT2D eigenvalue weighted by atomic mass is 10.0. The van der Waals surface area contributed by atoms with Crippen LogP contribution in [0.15, 0.2) is 54.7 Å². The Labute approximate surface area is 172 Å². The highest BCUT2D eigenvalue weighted by Crippen LogP contribution is 2.25. The first-order chi connectivity index (χ1) is 14.1. The maximum absolute atomic E-state index is 12.9. The fourth-order valence-corrected chi connectivity index (χ4v) is 3.21. The number of carbonyl (C=O) groups excluding carboxylic acids is 1. The van der Waals surface area contributed by atoms with Gasteiger partial charge in [0.1, 0.15) is 5.69 Å². The third-order valence-electron chi connectivity index (χ3n) is 5.03. The van der Waals surface area contributed by atoms with Gasteiger partial charge in [0.25, 0.3) is 5.91 Å². The van der Waals surface area contributed by atoms with Gasteiger partial charge in [-0.15, -0.1) is 0 Å². The van der Waals surface area contributed by atoms with E-state index in [1.54, 1.807) is 7.11 Å². The minimum Gasteiger partial charge on any atom is -0.385 e. The number of amides is 1. The zero-order valence-corrected chi connectivity index (χ0v) is 17.4. The fraction of sp³-hybridized carbons (Fsp3) is 0.333. The maximum Gasteiger partial charge on any atom is 0.255 e. The summed E-state index contributed by atoms with van der Waals surface area (Å²) in [5, 5.41) is 7.78. The molecule has 0 fully saturated rings. The normalized spacial score (nSPS) is 10.9. The van der Waals surface area contributed by atoms with Crippen LogP contribution >= 0.6 is 0 Å². The summed E-state index contributed by atoms with van der Waals surface area (Å²) in [5.74, 6) is -0.0880. The zero-order chi connectivity index (χ0) is 20.6. The lowest BCUT2D eigenvalue weighted by Crippen LogP contribution is -2.24. The van der Waals surface area contributed by atoms with Gasteiger partial charge >= 0.3 is 0 Å². The Balaban J connectivity index is 1.85. The van der Waals surface area contributed by atoms with Gasteiger partial charge in [-0.05, 0) is 49.4 Å². The second-order valence-corrected chi connectivity index (χ2v) is 7.33. The lowest BCUT2D eigenvalue weighted by molar-refractivity contribution is 0.0952. The van der Waals surface area contributed by atoms with Crippen molar-refractivity contribution in [3.63, 3.8) is 0 Å². The first-order valence-corrected chi connectivity index (χ1v) is 10.0. The third kappa shape index (κ3) is 5.55. The predicted molar refractivity (Wildman–Crippen MR) is 116 cm³/mol. The summed E-state index contributed by atoms with van der Waals surface area (Å²) in [6.45, 7) is 6.12. The monoisotopic (exact) mass is 391 g/mol. The summed E-state index contributed by atoms with van der Waals surface area (Å²) in [6.07, 6.45) is 3.66. The van der Waals surface area contributed by atoms with Crippen LogP contribution in [0, 0.1) is 13.8 Å². The van der Waals surface area contributed by atoms with Gasteiger partial charge in [-0.25, -0.2) is 0 Å². The van der Waals surface area contributed by atoms with Gasteiger partial charge in [0, 0.05) is 32.0 Å². The molecule has 1 heterocycles. The smallest absolute Gasteiger partial charge is 0.255 e. The Bertz CT molecular complexity index is 948. The molecule has 0 unspecified atom stereocenters. The number of carbonyl (C=O) groups is 1. The molecule has 0 atom stereocenters. The van der Waals surface area contributed by atoms with Gasteiger partial charge in [-0.2, -0.15) is 5.10 Å². The summed E-state index contributed by atoms with van der Waals surface area (Å²) >= 11 is 0. The minimum absolute atomic E-state index is 0.0880. The van der Waals surface area contributed by atoms with Gasteiger partial charge in [0.15, 0.2) is 0 Å². The Morgan fingerprint density at radius 3 is 2.59 bits per heavy atom. The lowest BCUT2D eigenvalue weighted by Gasteiger charge is -2.07. The molecular weight excluding hydrogens is 362 g/mol. The van der Waals surface area contributed by atoms with E-state index in [-0.39, 0.29) is 5.91 Å². The number of methoxy groups -OCH3 is 1. The Morgan fingerprint density at radius 1 is 1.07 bits per heavy atom. The standard InChI is InChI=1S/C24H29N3O2/c1-18-11-12-21(15-19(18)2)23-22(24(28)25-13-7-8-14-29-3)17-27(26-23)16-20-9-5-4-6-10-20/h4-6,9-12,15,17H,7-8,13-14,16H2,1-3H3,(H,25,28). The van der Waals surface area contributed by atoms with E-state index in [9.17, 15) is 4.79 Å². The maximum atomic E-state index is 12.9. The van der Waals surface area contributed by atoms with E-state index in [1.807, 2.05) is 35.1 Å². The largest absolute Gasteiger partial charge is 0.385 e. The molecule has 0 saturated heterocycles. The summed E-state index contributed by atoms with van der Waals surface area (Å²) in [7, 11) is 1.69. The van der Waals surface area contributed by atoms with Gasteiger partial charge in [0.2, 0.25) is 0 Å². The molecule has 152 valence electrons. The average molecular weight is 392 g/mol. The Kier molecular flexibility index (Phi) is 7.19. The number of unbranched alkanes of at least 4 members (excludes halogenated alkanes) is 1. The molecule has 3 aromatic rings. The molecule has 5 nitrogen and oxygen atoms in total. The van der Waals surface area contributed by atoms with Crippen LogP contribution in [0.4, 0.5) is 0 Å². The van der Waals surface area contributed by atoms with Gasteiger partial charge in [-0.3, -0.25) is 9.48 Å². The van der Waals surface area contributed by atoms with Crippen LogP contribution in [0.25, 0.3) is 11.3 Å². The third-order valence-corrected chi connectivity index (χ3v) is 5.03. The predicted octanol–water partition coefficient (Wildman–Crippen LogP) is 4.37. The number of nitrogens with one attached hydrogen (secondary N) is 1. The molecule has 0 spiro atoms. The second kappa shape index (κ2) is 10.0. The first-order valence-electron chi connectivity index (χ1n) is 10.0. The summed E-state index contributed by atoms with van der Waals surface area (Å²) in [5.41, 5.74) is 5.85. The molecule has 1 amide bonds. The number of aryl methyl sites for hydroxylation is 2. The molecular formula is C24H29N3O2. The molecule has 1 N–H and O–H groups in total. The number of nitrogens with zero attached hydrogens (tertiary/aromatic N) is 2. The van der Waals surface area contributed by atoms with E-state index in [4.69, 9.17) is 9.84 Å². The number of hydrogen-bond donors (Lipinski definition) is 1. The molecule has 3 rings (SSSR count). The van der Waals surface area contributed by atoms with Crippen molar-refractivity contribution in [3.05, 3.63) is 77.0 Å². The quantitative estimate of drug-likeness (QED) is 0.551. The molecule has 0 radical (unpaired) electrons. The van der Waals surface area contributed by atoms with Crippen LogP contribution in [-0.2, 0) is 11.3 Å². The number of rotatable bonds is 9. The van der Waals surface area contributed by atoms with Crippen molar-refractivity contribution < 1.29 is 9.53 Å². The van der Waals surface area contributed by atoms with Gasteiger partial charge in [0.05, 0.1) is 12.1 Å². The molecule has 0 saturated carbocycles. The van der Waals surface area contributed by atoms with E-state index in [1.165, 1.54) is 11.1 Å². The van der Waals surface area contributed by atoms with Crippen molar-refractivity contribution >= 4 is 5.91 Å². The van der Waals surface area contributed by atoms with Crippen LogP contribution in [-0.4, -0.2) is 35.9 Å². The van der Waals surface area contributed by atoms with Crippen LogP contribution in [0.1, 0.15) is 39.9 Å². The number of benzene rings is 2. The fourth-order valence-electron chi connectivity index (χ4n) is 3.21. The van der Waals surface area contributed by atoms with Gasteiger partial charge < -0.3 is 10.1 Å². The molecule has 0 aliphatic rings. The van der Waals surface area contributed by atoms with E-state index >= 15 is 0 Å². The minimum atomic E-state index is -0.0880. The van der Waals surface area contributed by atoms with Crippen LogP contribution in [0.3, 0.4) is 0 Å². The van der Waals surface area contributed by atoms with Crippen molar-refractivity contribution in [3.8, 4) is 11.3 Å². The Morgan fingerprint density at radius 2 is 1.86 bits per heavy atom. The molecule has 29 heavy (non-hydrogen) atoms. The highest BCUT2D eigenvalue weighted by Gasteiger charge is 2.18. The van der Waals surface area contributed by atoms with Crippen LogP contribution in [0.5, 0.6) is 0 Å². The molecule has 0 aliphatic carbocycles. The number of ether oxygens (including phenoxy) is 1. The van der Waals surface area contributed by atoms with E-state index in [2.05, 4.69) is 43.4 Å². The average Bonchev–Trinajstić information content (AvgIpc) is 3.14. The highest BCUT2D eigenvalue weighted by atomic mass is 16.5. The zero-order valence-electron chi connectivity index (χ0n) is 17.4. The SMILES string of the molecule is COCCCCNC(=O)c1cn(Cc2ccccc2)nc1-c1ccc(C)c(C)c1. The Hall–Kier alpha value is -2.92.